The van der Waals surface area contributed by atoms with Crippen molar-refractivity contribution >= 4 is 17.6 Å². The average molecular weight is 363 g/mol. The molecule has 6 nitrogen and oxygen atoms in total. The van der Waals surface area contributed by atoms with Gasteiger partial charge in [-0.25, -0.2) is 9.18 Å². The standard InChI is InChI=1S/C19H27FN4O2/c20-15-5-7-17(8-6-15)24-14-16(13-18(24)25)22-19(26)21-9-4-12-23-10-2-1-3-11-23/h5-8,16H,1-4,9-14H2,(H2,21,22,26)/p+1/t16-/m1/s1. The minimum absolute atomic E-state index is 0.0596. The minimum atomic E-state index is -0.333. The first kappa shape index (κ1) is 18.6. The summed E-state index contributed by atoms with van der Waals surface area (Å²) in [7, 11) is 0. The number of hydrogen-bond acceptors (Lipinski definition) is 2. The SMILES string of the molecule is O=C(NCCC[NH+]1CCCCC1)N[C@@H]1CC(=O)N(c2ccc(F)cc2)C1. The van der Waals surface area contributed by atoms with Crippen LogP contribution in [0.5, 0.6) is 0 Å². The van der Waals surface area contributed by atoms with Crippen molar-refractivity contribution in [3.8, 4) is 0 Å². The molecular formula is C19H28FN4O2+. The molecule has 0 unspecified atom stereocenters. The number of nitrogens with one attached hydrogen (secondary N) is 3. The van der Waals surface area contributed by atoms with Crippen molar-refractivity contribution in [2.24, 2.45) is 0 Å². The van der Waals surface area contributed by atoms with E-state index < -0.39 is 0 Å². The van der Waals surface area contributed by atoms with Crippen LogP contribution in [0, 0.1) is 5.82 Å². The van der Waals surface area contributed by atoms with Gasteiger partial charge >= 0.3 is 6.03 Å². The van der Waals surface area contributed by atoms with Crippen molar-refractivity contribution < 1.29 is 18.9 Å². The Bertz CT molecular complexity index is 616. The van der Waals surface area contributed by atoms with Gasteiger partial charge in [-0.1, -0.05) is 0 Å². The summed E-state index contributed by atoms with van der Waals surface area (Å²) in [6.45, 7) is 4.65. The molecule has 3 N–H and O–H groups in total. The molecule has 0 aliphatic carbocycles. The van der Waals surface area contributed by atoms with E-state index in [0.717, 1.165) is 13.0 Å². The largest absolute Gasteiger partial charge is 0.338 e. The fourth-order valence-corrected chi connectivity index (χ4v) is 3.75. The molecule has 0 saturated carbocycles. The summed E-state index contributed by atoms with van der Waals surface area (Å²) in [6, 6.07) is 5.38. The molecule has 2 fully saturated rings. The van der Waals surface area contributed by atoms with E-state index in [9.17, 15) is 14.0 Å². The minimum Gasteiger partial charge on any atom is -0.338 e. The molecule has 142 valence electrons. The van der Waals surface area contributed by atoms with Crippen molar-refractivity contribution in [2.75, 3.05) is 37.6 Å². The summed E-state index contributed by atoms with van der Waals surface area (Å²) >= 11 is 0. The Balaban J connectivity index is 1.36. The van der Waals surface area contributed by atoms with Gasteiger partial charge in [0.1, 0.15) is 5.82 Å². The van der Waals surface area contributed by atoms with Crippen molar-refractivity contribution in [2.45, 2.75) is 38.1 Å². The zero-order chi connectivity index (χ0) is 18.4. The molecule has 0 radical (unpaired) electrons. The highest BCUT2D eigenvalue weighted by Crippen LogP contribution is 2.21. The van der Waals surface area contributed by atoms with E-state index >= 15 is 0 Å². The topological polar surface area (TPSA) is 65.9 Å². The maximum Gasteiger partial charge on any atom is 0.315 e. The Hall–Kier alpha value is -2.15. The van der Waals surface area contributed by atoms with E-state index in [4.69, 9.17) is 0 Å². The number of benzene rings is 1. The van der Waals surface area contributed by atoms with Crippen molar-refractivity contribution in [1.29, 1.82) is 0 Å². The van der Waals surface area contributed by atoms with Crippen molar-refractivity contribution in [3.63, 3.8) is 0 Å². The molecule has 2 heterocycles. The number of anilines is 1. The Morgan fingerprint density at radius 3 is 2.65 bits per heavy atom. The molecule has 0 spiro atoms. The van der Waals surface area contributed by atoms with Crippen molar-refractivity contribution in [1.82, 2.24) is 10.6 Å². The molecule has 0 bridgehead atoms. The number of urea groups is 1. The lowest BCUT2D eigenvalue weighted by atomic mass is 10.1. The molecule has 7 heteroatoms. The summed E-state index contributed by atoms with van der Waals surface area (Å²) in [5.74, 6) is -0.392. The zero-order valence-electron chi connectivity index (χ0n) is 15.1. The van der Waals surface area contributed by atoms with Gasteiger partial charge in [-0.05, 0) is 43.5 Å². The number of likely N-dealkylation sites (tertiary alicyclic amines) is 1. The number of piperidine rings is 1. The number of halogens is 1. The number of hydrogen-bond donors (Lipinski definition) is 3. The highest BCUT2D eigenvalue weighted by molar-refractivity contribution is 5.96. The molecule has 26 heavy (non-hydrogen) atoms. The molecule has 1 aromatic carbocycles. The maximum atomic E-state index is 13.0. The molecular weight excluding hydrogens is 335 g/mol. The van der Waals surface area contributed by atoms with E-state index in [0.29, 0.717) is 18.8 Å². The van der Waals surface area contributed by atoms with Gasteiger partial charge in [0.2, 0.25) is 5.91 Å². The van der Waals surface area contributed by atoms with Crippen molar-refractivity contribution in [3.05, 3.63) is 30.1 Å². The predicted molar refractivity (Wildman–Crippen MR) is 97.7 cm³/mol. The summed E-state index contributed by atoms with van der Waals surface area (Å²) in [6.07, 6.45) is 5.20. The average Bonchev–Trinajstić information content (AvgIpc) is 3.00. The summed E-state index contributed by atoms with van der Waals surface area (Å²) in [4.78, 5) is 27.4. The number of rotatable bonds is 6. The summed E-state index contributed by atoms with van der Waals surface area (Å²) < 4.78 is 13.0. The van der Waals surface area contributed by atoms with E-state index in [1.165, 1.54) is 44.5 Å². The van der Waals surface area contributed by atoms with Gasteiger partial charge in [-0.2, -0.15) is 0 Å². The number of carbonyl (C=O) groups excluding carboxylic acids is 2. The molecule has 2 saturated heterocycles. The van der Waals surface area contributed by atoms with Crippen LogP contribution in [0.2, 0.25) is 0 Å². The Labute approximate surface area is 153 Å². The molecule has 1 atom stereocenters. The van der Waals surface area contributed by atoms with E-state index in [2.05, 4.69) is 10.6 Å². The van der Waals surface area contributed by atoms with Gasteiger partial charge in [0, 0.05) is 31.6 Å². The lowest BCUT2D eigenvalue weighted by molar-refractivity contribution is -0.904. The van der Waals surface area contributed by atoms with E-state index in [-0.39, 0.29) is 30.2 Å². The fourth-order valence-electron chi connectivity index (χ4n) is 3.75. The van der Waals surface area contributed by atoms with Crippen LogP contribution in [-0.4, -0.2) is 50.7 Å². The second-order valence-corrected chi connectivity index (χ2v) is 7.20. The monoisotopic (exact) mass is 363 g/mol. The van der Waals surface area contributed by atoms with Crippen LogP contribution in [0.25, 0.3) is 0 Å². The first-order chi connectivity index (χ1) is 12.6. The molecule has 2 aliphatic heterocycles. The molecule has 0 aromatic heterocycles. The Morgan fingerprint density at radius 2 is 1.92 bits per heavy atom. The third-order valence-electron chi connectivity index (χ3n) is 5.15. The number of amides is 3. The Kier molecular flexibility index (Phi) is 6.44. The van der Waals surface area contributed by atoms with Gasteiger partial charge in [-0.15, -0.1) is 0 Å². The Morgan fingerprint density at radius 1 is 1.19 bits per heavy atom. The smallest absolute Gasteiger partial charge is 0.315 e. The number of nitrogens with zero attached hydrogens (tertiary/aromatic N) is 1. The summed E-state index contributed by atoms with van der Waals surface area (Å²) in [5, 5.41) is 5.75. The van der Waals surface area contributed by atoms with Crippen LogP contribution >= 0.6 is 0 Å². The van der Waals surface area contributed by atoms with Crippen LogP contribution in [0.1, 0.15) is 32.1 Å². The number of carbonyl (C=O) groups is 2. The number of quaternary nitrogens is 1. The fraction of sp³-hybridized carbons (Fsp3) is 0.579. The summed E-state index contributed by atoms with van der Waals surface area (Å²) in [5.41, 5.74) is 0.658. The highest BCUT2D eigenvalue weighted by Gasteiger charge is 2.31. The van der Waals surface area contributed by atoms with E-state index in [1.807, 2.05) is 0 Å². The van der Waals surface area contributed by atoms with Crippen LogP contribution in [0.15, 0.2) is 24.3 Å². The second kappa shape index (κ2) is 8.98. The van der Waals surface area contributed by atoms with Gasteiger partial charge in [0.05, 0.1) is 25.7 Å². The first-order valence-corrected chi connectivity index (χ1v) is 9.55. The molecule has 2 aliphatic rings. The van der Waals surface area contributed by atoms with Crippen LogP contribution in [-0.2, 0) is 4.79 Å². The van der Waals surface area contributed by atoms with Gasteiger partial charge in [0.25, 0.3) is 0 Å². The van der Waals surface area contributed by atoms with E-state index in [1.54, 1.807) is 21.9 Å². The lowest BCUT2D eigenvalue weighted by Gasteiger charge is -2.23. The van der Waals surface area contributed by atoms with Crippen LogP contribution < -0.4 is 20.4 Å². The predicted octanol–water partition coefficient (Wildman–Crippen LogP) is 0.689. The zero-order valence-corrected chi connectivity index (χ0v) is 15.1. The van der Waals surface area contributed by atoms with Gasteiger partial charge in [-0.3, -0.25) is 4.79 Å². The molecule has 3 rings (SSSR count). The quantitative estimate of drug-likeness (QED) is 0.651. The lowest BCUT2D eigenvalue weighted by Crippen LogP contribution is -3.12. The third-order valence-corrected chi connectivity index (χ3v) is 5.15. The third kappa shape index (κ3) is 5.17. The normalized spacial score (nSPS) is 21.0. The highest BCUT2D eigenvalue weighted by atomic mass is 19.1. The first-order valence-electron chi connectivity index (χ1n) is 9.55. The molecule has 3 amide bonds. The van der Waals surface area contributed by atoms with Gasteiger partial charge in [0.15, 0.2) is 0 Å². The van der Waals surface area contributed by atoms with Crippen LogP contribution in [0.4, 0.5) is 14.9 Å². The maximum absolute atomic E-state index is 13.0. The van der Waals surface area contributed by atoms with Gasteiger partial charge < -0.3 is 20.4 Å². The second-order valence-electron chi connectivity index (χ2n) is 7.20. The molecule has 1 aromatic rings. The van der Waals surface area contributed by atoms with Crippen LogP contribution in [0.3, 0.4) is 0 Å².